The van der Waals surface area contributed by atoms with E-state index >= 15 is 0 Å². The average molecular weight is 302 g/mol. The van der Waals surface area contributed by atoms with Crippen LogP contribution in [0.3, 0.4) is 0 Å². The fourth-order valence-electron chi connectivity index (χ4n) is 2.97. The molecule has 0 spiro atoms. The third-order valence-electron chi connectivity index (χ3n) is 4.05. The zero-order valence-electron chi connectivity index (χ0n) is 12.9. The van der Waals surface area contributed by atoms with Crippen molar-refractivity contribution in [2.24, 2.45) is 5.92 Å². The van der Waals surface area contributed by atoms with Gasteiger partial charge in [0.25, 0.3) is 0 Å². The van der Waals surface area contributed by atoms with Gasteiger partial charge in [-0.05, 0) is 34.8 Å². The van der Waals surface area contributed by atoms with Crippen molar-refractivity contribution < 1.29 is 4.39 Å². The summed E-state index contributed by atoms with van der Waals surface area (Å²) in [7, 11) is 0. The molecule has 2 aromatic rings. The highest BCUT2D eigenvalue weighted by molar-refractivity contribution is 5.84. The fraction of sp³-hybridized carbons (Fsp3) is 0.0909. The van der Waals surface area contributed by atoms with Crippen molar-refractivity contribution in [2.45, 2.75) is 6.42 Å². The zero-order chi connectivity index (χ0) is 15.9. The Balaban J connectivity index is 1.90. The number of rotatable bonds is 5. The Hall–Kier alpha value is -2.67. The minimum atomic E-state index is 0.337. The van der Waals surface area contributed by atoms with Crippen LogP contribution in [0.15, 0.2) is 97.4 Å². The van der Waals surface area contributed by atoms with E-state index in [1.807, 2.05) is 12.1 Å². The number of hydrogen-bond donors (Lipinski definition) is 0. The number of halogens is 1. The van der Waals surface area contributed by atoms with E-state index < -0.39 is 0 Å². The van der Waals surface area contributed by atoms with E-state index in [9.17, 15) is 4.39 Å². The van der Waals surface area contributed by atoms with Crippen molar-refractivity contribution in [2.75, 3.05) is 0 Å². The van der Waals surface area contributed by atoms with Crippen molar-refractivity contribution >= 4 is 5.57 Å². The van der Waals surface area contributed by atoms with Crippen molar-refractivity contribution in [3.8, 4) is 11.1 Å². The summed E-state index contributed by atoms with van der Waals surface area (Å²) in [6.07, 6.45) is 13.1. The van der Waals surface area contributed by atoms with E-state index in [1.54, 1.807) is 6.08 Å². The van der Waals surface area contributed by atoms with E-state index in [1.165, 1.54) is 28.3 Å². The lowest BCUT2D eigenvalue weighted by Gasteiger charge is -2.16. The summed E-state index contributed by atoms with van der Waals surface area (Å²) >= 11 is 0. The van der Waals surface area contributed by atoms with Gasteiger partial charge in [-0.15, -0.1) is 0 Å². The third kappa shape index (κ3) is 3.57. The first-order chi connectivity index (χ1) is 11.4. The van der Waals surface area contributed by atoms with Crippen LogP contribution in [-0.4, -0.2) is 0 Å². The Morgan fingerprint density at radius 1 is 0.870 bits per heavy atom. The summed E-state index contributed by atoms with van der Waals surface area (Å²) < 4.78 is 12.0. The lowest BCUT2D eigenvalue weighted by atomic mass is 9.87. The second kappa shape index (κ2) is 7.55. The van der Waals surface area contributed by atoms with Crippen LogP contribution in [0.25, 0.3) is 16.7 Å². The summed E-state index contributed by atoms with van der Waals surface area (Å²) in [6, 6.07) is 19.0. The minimum absolute atomic E-state index is 0.337. The van der Waals surface area contributed by atoms with Crippen molar-refractivity contribution in [1.29, 1.82) is 0 Å². The third-order valence-corrected chi connectivity index (χ3v) is 4.05. The molecule has 1 aliphatic carbocycles. The van der Waals surface area contributed by atoms with E-state index in [-0.39, 0.29) is 0 Å². The summed E-state index contributed by atoms with van der Waals surface area (Å²) in [5, 5.41) is 0. The van der Waals surface area contributed by atoms with E-state index in [0.717, 1.165) is 6.42 Å². The highest BCUT2D eigenvalue weighted by Crippen LogP contribution is 2.37. The fourth-order valence-corrected chi connectivity index (χ4v) is 2.97. The molecule has 0 saturated heterocycles. The molecule has 0 radical (unpaired) electrons. The average Bonchev–Trinajstić information content (AvgIpc) is 3.08. The smallest absolute Gasteiger partial charge is 0.0866 e. The quantitative estimate of drug-likeness (QED) is 0.564. The second-order valence-electron chi connectivity index (χ2n) is 5.51. The molecule has 3 rings (SSSR count). The van der Waals surface area contributed by atoms with Crippen LogP contribution in [0.2, 0.25) is 0 Å². The molecule has 0 N–H and O–H groups in total. The normalized spacial score (nSPS) is 17.3. The highest BCUT2D eigenvalue weighted by Gasteiger charge is 2.18. The maximum Gasteiger partial charge on any atom is 0.0866 e. The van der Waals surface area contributed by atoms with Crippen LogP contribution < -0.4 is 0 Å². The highest BCUT2D eigenvalue weighted by atomic mass is 19.1. The maximum absolute atomic E-state index is 12.0. The van der Waals surface area contributed by atoms with Crippen LogP contribution >= 0.6 is 0 Å². The Morgan fingerprint density at radius 2 is 1.61 bits per heavy atom. The molecule has 0 nitrogen and oxygen atoms in total. The lowest BCUT2D eigenvalue weighted by Crippen LogP contribution is -1.98. The molecule has 0 heterocycles. The number of allylic oxidation sites excluding steroid dienone is 7. The largest absolute Gasteiger partial charge is 0.216 e. The van der Waals surface area contributed by atoms with Crippen LogP contribution in [0.1, 0.15) is 12.0 Å². The molecule has 1 heteroatoms. The van der Waals surface area contributed by atoms with Crippen LogP contribution in [0, 0.1) is 5.92 Å². The first kappa shape index (κ1) is 15.2. The van der Waals surface area contributed by atoms with Gasteiger partial charge in [0.2, 0.25) is 0 Å². The molecule has 0 amide bonds. The summed E-state index contributed by atoms with van der Waals surface area (Å²) in [5.74, 6) is 0.337. The van der Waals surface area contributed by atoms with Gasteiger partial charge in [0.1, 0.15) is 0 Å². The van der Waals surface area contributed by atoms with E-state index in [4.69, 9.17) is 0 Å². The standard InChI is InChI=1S/C22H19F/c23-17-8-2-5-12-19-13-9-16-21(19)22-15-7-6-14-20(22)18-10-3-1-4-11-18/h1-11,13-17,19H,12H2/b5-2-,17-8-. The first-order valence-electron chi connectivity index (χ1n) is 7.85. The van der Waals surface area contributed by atoms with Crippen molar-refractivity contribution in [3.05, 3.63) is 103 Å². The molecule has 0 bridgehead atoms. The molecule has 114 valence electrons. The Kier molecular flexibility index (Phi) is 5.00. The van der Waals surface area contributed by atoms with Gasteiger partial charge in [0.05, 0.1) is 6.33 Å². The molecule has 1 aliphatic rings. The summed E-state index contributed by atoms with van der Waals surface area (Å²) in [6.45, 7) is 0. The molecule has 0 fully saturated rings. The molecule has 1 atom stereocenters. The van der Waals surface area contributed by atoms with Gasteiger partial charge in [-0.25, -0.2) is 4.39 Å². The molecule has 1 unspecified atom stereocenters. The van der Waals surface area contributed by atoms with E-state index in [2.05, 4.69) is 66.8 Å². The molecule has 0 aromatic heterocycles. The van der Waals surface area contributed by atoms with Crippen molar-refractivity contribution in [1.82, 2.24) is 0 Å². The van der Waals surface area contributed by atoms with Crippen LogP contribution in [0.5, 0.6) is 0 Å². The monoisotopic (exact) mass is 302 g/mol. The molecule has 23 heavy (non-hydrogen) atoms. The van der Waals surface area contributed by atoms with Gasteiger partial charge < -0.3 is 0 Å². The van der Waals surface area contributed by atoms with E-state index in [0.29, 0.717) is 12.2 Å². The number of benzene rings is 2. The Morgan fingerprint density at radius 3 is 2.39 bits per heavy atom. The van der Waals surface area contributed by atoms with Gasteiger partial charge in [0, 0.05) is 5.92 Å². The Labute approximate surface area is 137 Å². The molecule has 0 saturated carbocycles. The summed E-state index contributed by atoms with van der Waals surface area (Å²) in [5.41, 5.74) is 5.06. The maximum atomic E-state index is 12.0. The SMILES string of the molecule is F/C=C\C=C/CC1C=CC=C1c1ccccc1-c1ccccc1. The van der Waals surface area contributed by atoms with Crippen LogP contribution in [0.4, 0.5) is 4.39 Å². The van der Waals surface area contributed by atoms with Gasteiger partial charge in [-0.3, -0.25) is 0 Å². The number of hydrogen-bond acceptors (Lipinski definition) is 0. The zero-order valence-corrected chi connectivity index (χ0v) is 12.9. The van der Waals surface area contributed by atoms with Crippen LogP contribution in [-0.2, 0) is 0 Å². The summed E-state index contributed by atoms with van der Waals surface area (Å²) in [4.78, 5) is 0. The molecular formula is C22H19F. The Bertz CT molecular complexity index is 764. The molecule has 2 aromatic carbocycles. The van der Waals surface area contributed by atoms with Gasteiger partial charge in [-0.1, -0.05) is 85.0 Å². The van der Waals surface area contributed by atoms with Crippen molar-refractivity contribution in [3.63, 3.8) is 0 Å². The predicted octanol–water partition coefficient (Wildman–Crippen LogP) is 6.35. The lowest BCUT2D eigenvalue weighted by molar-refractivity contribution is 0.721. The van der Waals surface area contributed by atoms with Gasteiger partial charge >= 0.3 is 0 Å². The minimum Gasteiger partial charge on any atom is -0.216 e. The molecular weight excluding hydrogens is 283 g/mol. The first-order valence-corrected chi connectivity index (χ1v) is 7.85. The second-order valence-corrected chi connectivity index (χ2v) is 5.51. The van der Waals surface area contributed by atoms with Gasteiger partial charge in [-0.2, -0.15) is 0 Å². The van der Waals surface area contributed by atoms with Gasteiger partial charge in [0.15, 0.2) is 0 Å². The topological polar surface area (TPSA) is 0 Å². The molecule has 0 aliphatic heterocycles. The predicted molar refractivity (Wildman–Crippen MR) is 96.5 cm³/mol.